The van der Waals surface area contributed by atoms with Crippen LogP contribution in [0.15, 0.2) is 36.4 Å². The van der Waals surface area contributed by atoms with E-state index in [4.69, 9.17) is 15.2 Å². The molecule has 0 saturated carbocycles. The van der Waals surface area contributed by atoms with E-state index in [0.29, 0.717) is 23.8 Å². The van der Waals surface area contributed by atoms with Crippen molar-refractivity contribution in [2.24, 2.45) is 0 Å². The Balaban J connectivity index is 2.27. The molecule has 2 aromatic carbocycles. The molecule has 0 unspecified atom stereocenters. The number of aryl methyl sites for hydroxylation is 1. The maximum absolute atomic E-state index is 6.11. The van der Waals surface area contributed by atoms with Gasteiger partial charge in [-0.05, 0) is 49.6 Å². The van der Waals surface area contributed by atoms with E-state index in [2.05, 4.69) is 19.9 Å². The van der Waals surface area contributed by atoms with Gasteiger partial charge in [0.25, 0.3) is 0 Å². The van der Waals surface area contributed by atoms with Crippen LogP contribution < -0.4 is 15.2 Å². The summed E-state index contributed by atoms with van der Waals surface area (Å²) < 4.78 is 11.5. The predicted molar refractivity (Wildman–Crippen MR) is 82.6 cm³/mol. The Morgan fingerprint density at radius 2 is 1.60 bits per heavy atom. The van der Waals surface area contributed by atoms with Crippen LogP contribution in [0.5, 0.6) is 17.2 Å². The third-order valence-electron chi connectivity index (χ3n) is 3.26. The number of benzene rings is 2. The third kappa shape index (κ3) is 3.05. The van der Waals surface area contributed by atoms with Gasteiger partial charge in [-0.25, -0.2) is 0 Å². The first-order valence-corrected chi connectivity index (χ1v) is 6.88. The molecule has 0 saturated heterocycles. The highest BCUT2D eigenvalue weighted by molar-refractivity contribution is 5.63. The molecule has 0 fully saturated rings. The van der Waals surface area contributed by atoms with Gasteiger partial charge in [-0.15, -0.1) is 0 Å². The van der Waals surface area contributed by atoms with Gasteiger partial charge in [0.15, 0.2) is 5.75 Å². The number of ether oxygens (including phenoxy) is 2. The van der Waals surface area contributed by atoms with Gasteiger partial charge in [-0.3, -0.25) is 0 Å². The van der Waals surface area contributed by atoms with Gasteiger partial charge in [0.2, 0.25) is 0 Å². The van der Waals surface area contributed by atoms with Gasteiger partial charge in [0, 0.05) is 0 Å². The highest BCUT2D eigenvalue weighted by atomic mass is 16.5. The number of nitrogen functional groups attached to an aromatic ring is 1. The van der Waals surface area contributed by atoms with Gasteiger partial charge in [0.1, 0.15) is 17.2 Å². The average molecular weight is 271 g/mol. The Morgan fingerprint density at radius 1 is 0.950 bits per heavy atom. The molecule has 3 heteroatoms. The lowest BCUT2D eigenvalue weighted by molar-refractivity contribution is 0.318. The van der Waals surface area contributed by atoms with Crippen LogP contribution in [0.2, 0.25) is 0 Å². The number of hydrogen-bond acceptors (Lipinski definition) is 3. The van der Waals surface area contributed by atoms with Crippen LogP contribution in [0.1, 0.15) is 24.5 Å². The summed E-state index contributed by atoms with van der Waals surface area (Å²) in [6.07, 6.45) is 0.946. The quantitative estimate of drug-likeness (QED) is 0.816. The Bertz CT molecular complexity index is 594. The first-order valence-electron chi connectivity index (χ1n) is 6.88. The molecule has 2 N–H and O–H groups in total. The molecule has 0 aliphatic carbocycles. The van der Waals surface area contributed by atoms with Crippen LogP contribution >= 0.6 is 0 Å². The van der Waals surface area contributed by atoms with Crippen molar-refractivity contribution in [3.63, 3.8) is 0 Å². The van der Waals surface area contributed by atoms with Crippen LogP contribution in [0.3, 0.4) is 0 Å². The van der Waals surface area contributed by atoms with Crippen molar-refractivity contribution < 1.29 is 9.47 Å². The second-order valence-corrected chi connectivity index (χ2v) is 4.82. The minimum atomic E-state index is 0.543. The molecule has 0 spiro atoms. The summed E-state index contributed by atoms with van der Waals surface area (Å²) in [5.74, 6) is 2.13. The topological polar surface area (TPSA) is 44.5 Å². The zero-order valence-corrected chi connectivity index (χ0v) is 12.3. The third-order valence-corrected chi connectivity index (χ3v) is 3.26. The molecule has 0 bridgehead atoms. The fourth-order valence-corrected chi connectivity index (χ4v) is 1.90. The van der Waals surface area contributed by atoms with Crippen molar-refractivity contribution in [3.8, 4) is 17.2 Å². The Hall–Kier alpha value is -2.16. The molecule has 3 nitrogen and oxygen atoms in total. The fraction of sp³-hybridized carbons (Fsp3) is 0.294. The van der Waals surface area contributed by atoms with Crippen LogP contribution in [0.25, 0.3) is 0 Å². The van der Waals surface area contributed by atoms with Gasteiger partial charge in [-0.2, -0.15) is 0 Å². The first kappa shape index (κ1) is 14.3. The smallest absolute Gasteiger partial charge is 0.154 e. The molecule has 106 valence electrons. The standard InChI is InChI=1S/C17H21NO2/c1-4-11-19-15-9-6-10-16(17(15)18)20-14-8-5-7-12(2)13(14)3/h5-10H,4,11,18H2,1-3H3. The number of hydrogen-bond donors (Lipinski definition) is 1. The highest BCUT2D eigenvalue weighted by Crippen LogP contribution is 2.36. The van der Waals surface area contributed by atoms with E-state index >= 15 is 0 Å². The highest BCUT2D eigenvalue weighted by Gasteiger charge is 2.10. The molecule has 0 atom stereocenters. The summed E-state index contributed by atoms with van der Waals surface area (Å²) in [5, 5.41) is 0. The number of para-hydroxylation sites is 1. The van der Waals surface area contributed by atoms with Crippen LogP contribution in [0, 0.1) is 13.8 Å². The summed E-state index contributed by atoms with van der Waals surface area (Å²) in [6.45, 7) is 6.81. The molecule has 0 aromatic heterocycles. The molecular weight excluding hydrogens is 250 g/mol. The second-order valence-electron chi connectivity index (χ2n) is 4.82. The fourth-order valence-electron chi connectivity index (χ4n) is 1.90. The Morgan fingerprint density at radius 3 is 2.35 bits per heavy atom. The number of rotatable bonds is 5. The number of anilines is 1. The molecule has 0 amide bonds. The normalized spacial score (nSPS) is 10.3. The van der Waals surface area contributed by atoms with Crippen molar-refractivity contribution in [2.45, 2.75) is 27.2 Å². The van der Waals surface area contributed by atoms with E-state index in [9.17, 15) is 0 Å². The molecule has 0 aliphatic heterocycles. The van der Waals surface area contributed by atoms with Crippen LogP contribution in [0.4, 0.5) is 5.69 Å². The van der Waals surface area contributed by atoms with Crippen molar-refractivity contribution in [2.75, 3.05) is 12.3 Å². The van der Waals surface area contributed by atoms with Crippen molar-refractivity contribution >= 4 is 5.69 Å². The van der Waals surface area contributed by atoms with Gasteiger partial charge in [0.05, 0.1) is 6.61 Å². The summed E-state index contributed by atoms with van der Waals surface area (Å²) in [5.41, 5.74) is 8.96. The summed E-state index contributed by atoms with van der Waals surface area (Å²) in [7, 11) is 0. The second kappa shape index (κ2) is 6.33. The zero-order valence-electron chi connectivity index (χ0n) is 12.3. The predicted octanol–water partition coefficient (Wildman–Crippen LogP) is 4.47. The van der Waals surface area contributed by atoms with Gasteiger partial charge in [-0.1, -0.05) is 25.1 Å². The molecule has 0 aliphatic rings. The van der Waals surface area contributed by atoms with Gasteiger partial charge < -0.3 is 15.2 Å². The van der Waals surface area contributed by atoms with Crippen molar-refractivity contribution in [1.82, 2.24) is 0 Å². The van der Waals surface area contributed by atoms with Crippen LogP contribution in [-0.2, 0) is 0 Å². The maximum atomic E-state index is 6.11. The molecule has 2 aromatic rings. The van der Waals surface area contributed by atoms with E-state index < -0.39 is 0 Å². The number of nitrogens with two attached hydrogens (primary N) is 1. The molecule has 2 rings (SSSR count). The molecule has 0 heterocycles. The van der Waals surface area contributed by atoms with Crippen molar-refractivity contribution in [1.29, 1.82) is 0 Å². The summed E-state index contributed by atoms with van der Waals surface area (Å²) >= 11 is 0. The van der Waals surface area contributed by atoms with E-state index in [-0.39, 0.29) is 0 Å². The Labute approximate surface area is 120 Å². The first-order chi connectivity index (χ1) is 9.63. The SMILES string of the molecule is CCCOc1cccc(Oc2cccc(C)c2C)c1N. The lowest BCUT2D eigenvalue weighted by Crippen LogP contribution is -2.01. The minimum Gasteiger partial charge on any atom is -0.491 e. The maximum Gasteiger partial charge on any atom is 0.154 e. The minimum absolute atomic E-state index is 0.543. The van der Waals surface area contributed by atoms with Crippen molar-refractivity contribution in [3.05, 3.63) is 47.5 Å². The summed E-state index contributed by atoms with van der Waals surface area (Å²) in [6, 6.07) is 11.6. The lowest BCUT2D eigenvalue weighted by atomic mass is 10.1. The van der Waals surface area contributed by atoms with Crippen LogP contribution in [-0.4, -0.2) is 6.61 Å². The monoisotopic (exact) mass is 271 g/mol. The van der Waals surface area contributed by atoms with E-state index in [1.807, 2.05) is 37.3 Å². The zero-order chi connectivity index (χ0) is 14.5. The molecule has 0 radical (unpaired) electrons. The lowest BCUT2D eigenvalue weighted by Gasteiger charge is -2.14. The average Bonchev–Trinajstić information content (AvgIpc) is 2.44. The largest absolute Gasteiger partial charge is 0.491 e. The van der Waals surface area contributed by atoms with E-state index in [0.717, 1.165) is 17.7 Å². The summed E-state index contributed by atoms with van der Waals surface area (Å²) in [4.78, 5) is 0. The molecular formula is C17H21NO2. The van der Waals surface area contributed by atoms with E-state index in [1.54, 1.807) is 0 Å². The Kier molecular flexibility index (Phi) is 4.51. The van der Waals surface area contributed by atoms with E-state index in [1.165, 1.54) is 5.56 Å². The van der Waals surface area contributed by atoms with Gasteiger partial charge >= 0.3 is 0 Å². The molecule has 20 heavy (non-hydrogen) atoms.